The predicted molar refractivity (Wildman–Crippen MR) is 127 cm³/mol. The van der Waals surface area contributed by atoms with Crippen molar-refractivity contribution in [2.24, 2.45) is 0 Å². The minimum atomic E-state index is -0.462. The quantitative estimate of drug-likeness (QED) is 0.561. The zero-order valence-corrected chi connectivity index (χ0v) is 19.4. The van der Waals surface area contributed by atoms with Crippen LogP contribution in [0, 0.1) is 17.1 Å². The van der Waals surface area contributed by atoms with E-state index in [-0.39, 0.29) is 11.5 Å². The third kappa shape index (κ3) is 4.21. The number of piperidine rings is 1. The molecule has 3 aromatic rings. The lowest BCUT2D eigenvalue weighted by molar-refractivity contribution is 0.0708. The smallest absolute Gasteiger partial charge is 0.256 e. The summed E-state index contributed by atoms with van der Waals surface area (Å²) in [7, 11) is 0. The van der Waals surface area contributed by atoms with Crippen LogP contribution in [0.25, 0.3) is 11.4 Å². The van der Waals surface area contributed by atoms with Gasteiger partial charge in [-0.15, -0.1) is 0 Å². The number of H-pyrrole nitrogens is 1. The van der Waals surface area contributed by atoms with E-state index in [4.69, 9.17) is 5.26 Å². The SMILES string of the molecule is CCc1nc(-c2cc(C(=O)N3CCC(c4ccc(C#N)cc4)CC3)c(F)cc2C2CCC2)n[nH]1. The number of carbonyl (C=O) groups is 1. The molecule has 7 heteroatoms. The summed E-state index contributed by atoms with van der Waals surface area (Å²) >= 11 is 0. The zero-order valence-electron chi connectivity index (χ0n) is 19.4. The number of aromatic amines is 1. The molecule has 1 aromatic heterocycles. The van der Waals surface area contributed by atoms with Gasteiger partial charge in [0.05, 0.1) is 17.2 Å². The van der Waals surface area contributed by atoms with E-state index in [1.165, 1.54) is 11.6 Å². The maximum atomic E-state index is 15.2. The molecule has 1 N–H and O–H groups in total. The van der Waals surface area contributed by atoms with Crippen molar-refractivity contribution in [2.75, 3.05) is 13.1 Å². The third-order valence-corrected chi connectivity index (χ3v) is 7.32. The Balaban J connectivity index is 1.37. The molecule has 2 aliphatic rings. The number of nitrogens with one attached hydrogen (secondary N) is 1. The van der Waals surface area contributed by atoms with Gasteiger partial charge >= 0.3 is 0 Å². The topological polar surface area (TPSA) is 85.7 Å². The second-order valence-corrected chi connectivity index (χ2v) is 9.31. The van der Waals surface area contributed by atoms with Gasteiger partial charge in [0.1, 0.15) is 11.6 Å². The molecular formula is C27H28FN5O. The second-order valence-electron chi connectivity index (χ2n) is 9.31. The van der Waals surface area contributed by atoms with Crippen LogP contribution in [-0.4, -0.2) is 39.1 Å². The van der Waals surface area contributed by atoms with Gasteiger partial charge in [-0.2, -0.15) is 10.4 Å². The van der Waals surface area contributed by atoms with Crippen molar-refractivity contribution >= 4 is 5.91 Å². The van der Waals surface area contributed by atoms with E-state index in [1.807, 2.05) is 31.2 Å². The predicted octanol–water partition coefficient (Wildman–Crippen LogP) is 5.33. The number of amides is 1. The van der Waals surface area contributed by atoms with Crippen LogP contribution in [0.4, 0.5) is 4.39 Å². The van der Waals surface area contributed by atoms with E-state index in [0.29, 0.717) is 36.3 Å². The number of nitriles is 1. The van der Waals surface area contributed by atoms with E-state index in [2.05, 4.69) is 21.3 Å². The highest BCUT2D eigenvalue weighted by Crippen LogP contribution is 2.41. The molecule has 1 saturated carbocycles. The van der Waals surface area contributed by atoms with Crippen molar-refractivity contribution in [1.29, 1.82) is 5.26 Å². The molecule has 0 radical (unpaired) electrons. The van der Waals surface area contributed by atoms with Gasteiger partial charge in [0.15, 0.2) is 5.82 Å². The molecule has 0 bridgehead atoms. The standard InChI is InChI=1S/C27H28FN5O/c1-2-25-30-26(32-31-25)22-14-23(24(28)15-21(22)20-4-3-5-20)27(34)33-12-10-19(11-13-33)18-8-6-17(16-29)7-9-18/h6-9,14-15,19-20H,2-5,10-13H2,1H3,(H,30,31,32). The average molecular weight is 458 g/mol. The van der Waals surface area contributed by atoms with Crippen LogP contribution in [-0.2, 0) is 6.42 Å². The first-order valence-electron chi connectivity index (χ1n) is 12.1. The van der Waals surface area contributed by atoms with Crippen LogP contribution in [0.1, 0.15) is 83.7 Å². The van der Waals surface area contributed by atoms with E-state index < -0.39 is 5.82 Å². The molecule has 0 spiro atoms. The molecular weight excluding hydrogens is 429 g/mol. The summed E-state index contributed by atoms with van der Waals surface area (Å²) in [6.45, 7) is 3.14. The number of hydrogen-bond acceptors (Lipinski definition) is 4. The first kappa shape index (κ1) is 22.3. The summed E-state index contributed by atoms with van der Waals surface area (Å²) in [6.07, 6.45) is 5.53. The normalized spacial score (nSPS) is 16.8. The number of hydrogen-bond donors (Lipinski definition) is 1. The number of carbonyl (C=O) groups excluding carboxylic acids is 1. The van der Waals surface area contributed by atoms with Crippen LogP contribution in [0.3, 0.4) is 0 Å². The maximum absolute atomic E-state index is 15.2. The Morgan fingerprint density at radius 1 is 1.15 bits per heavy atom. The number of nitrogens with zero attached hydrogens (tertiary/aromatic N) is 4. The zero-order chi connectivity index (χ0) is 23.7. The summed E-state index contributed by atoms with van der Waals surface area (Å²) in [5.41, 5.74) is 3.59. The number of benzene rings is 2. The number of rotatable bonds is 5. The average Bonchev–Trinajstić information content (AvgIpc) is 3.32. The van der Waals surface area contributed by atoms with Gasteiger partial charge in [-0.05, 0) is 72.9 Å². The van der Waals surface area contributed by atoms with Crippen molar-refractivity contribution in [1.82, 2.24) is 20.1 Å². The van der Waals surface area contributed by atoms with Gasteiger partial charge in [-0.1, -0.05) is 25.5 Å². The van der Waals surface area contributed by atoms with Crippen LogP contribution in [0.5, 0.6) is 0 Å². The lowest BCUT2D eigenvalue weighted by Crippen LogP contribution is -2.38. The summed E-state index contributed by atoms with van der Waals surface area (Å²) in [5, 5.41) is 16.3. The Morgan fingerprint density at radius 3 is 2.47 bits per heavy atom. The lowest BCUT2D eigenvalue weighted by atomic mass is 9.77. The number of aryl methyl sites for hydroxylation is 1. The van der Waals surface area contributed by atoms with Gasteiger partial charge in [-0.25, -0.2) is 9.37 Å². The Hall–Kier alpha value is -3.53. The molecule has 2 fully saturated rings. The summed E-state index contributed by atoms with van der Waals surface area (Å²) in [6, 6.07) is 13.0. The summed E-state index contributed by atoms with van der Waals surface area (Å²) in [4.78, 5) is 19.7. The lowest BCUT2D eigenvalue weighted by Gasteiger charge is -2.33. The second kappa shape index (κ2) is 9.38. The fourth-order valence-corrected chi connectivity index (χ4v) is 4.99. The van der Waals surface area contributed by atoms with E-state index in [0.717, 1.165) is 55.5 Å². The Labute approximate surface area is 198 Å². The number of halogens is 1. The van der Waals surface area contributed by atoms with Gasteiger partial charge < -0.3 is 4.90 Å². The highest BCUT2D eigenvalue weighted by Gasteiger charge is 2.30. The minimum Gasteiger partial charge on any atom is -0.339 e. The van der Waals surface area contributed by atoms with Gasteiger partial charge in [0, 0.05) is 25.1 Å². The van der Waals surface area contributed by atoms with Gasteiger partial charge in [0.2, 0.25) is 0 Å². The summed E-state index contributed by atoms with van der Waals surface area (Å²) in [5.74, 6) is 1.20. The minimum absolute atomic E-state index is 0.0951. The fourth-order valence-electron chi connectivity index (χ4n) is 4.99. The Morgan fingerprint density at radius 2 is 1.88 bits per heavy atom. The van der Waals surface area contributed by atoms with Crippen molar-refractivity contribution < 1.29 is 9.18 Å². The van der Waals surface area contributed by atoms with E-state index in [9.17, 15) is 4.79 Å². The van der Waals surface area contributed by atoms with Crippen molar-refractivity contribution in [3.8, 4) is 17.5 Å². The highest BCUT2D eigenvalue weighted by molar-refractivity contribution is 5.96. The van der Waals surface area contributed by atoms with E-state index >= 15 is 4.39 Å². The first-order valence-corrected chi connectivity index (χ1v) is 12.1. The Kier molecular flexibility index (Phi) is 6.14. The first-order chi connectivity index (χ1) is 16.6. The number of likely N-dealkylation sites (tertiary alicyclic amines) is 1. The largest absolute Gasteiger partial charge is 0.339 e. The van der Waals surface area contributed by atoms with Gasteiger partial charge in [0.25, 0.3) is 5.91 Å². The molecule has 174 valence electrons. The maximum Gasteiger partial charge on any atom is 0.256 e. The van der Waals surface area contributed by atoms with Crippen LogP contribution >= 0.6 is 0 Å². The number of aromatic nitrogens is 3. The molecule has 1 amide bonds. The third-order valence-electron chi connectivity index (χ3n) is 7.32. The van der Waals surface area contributed by atoms with Gasteiger partial charge in [-0.3, -0.25) is 9.89 Å². The molecule has 2 heterocycles. The fraction of sp³-hybridized carbons (Fsp3) is 0.407. The van der Waals surface area contributed by atoms with Crippen molar-refractivity contribution in [3.63, 3.8) is 0 Å². The van der Waals surface area contributed by atoms with E-state index in [1.54, 1.807) is 11.0 Å². The summed E-state index contributed by atoms with van der Waals surface area (Å²) < 4.78 is 15.2. The molecule has 0 unspecified atom stereocenters. The van der Waals surface area contributed by atoms with Crippen LogP contribution in [0.2, 0.25) is 0 Å². The van der Waals surface area contributed by atoms with Crippen LogP contribution < -0.4 is 0 Å². The molecule has 6 nitrogen and oxygen atoms in total. The molecule has 34 heavy (non-hydrogen) atoms. The molecule has 0 atom stereocenters. The molecule has 2 aromatic carbocycles. The van der Waals surface area contributed by atoms with Crippen molar-refractivity contribution in [3.05, 3.63) is 70.3 Å². The monoisotopic (exact) mass is 457 g/mol. The molecule has 5 rings (SSSR count). The molecule has 1 aliphatic carbocycles. The molecule has 1 aliphatic heterocycles. The van der Waals surface area contributed by atoms with Crippen LogP contribution in [0.15, 0.2) is 36.4 Å². The Bertz CT molecular complexity index is 1230. The molecule has 1 saturated heterocycles. The van der Waals surface area contributed by atoms with Crippen molar-refractivity contribution in [2.45, 2.75) is 57.3 Å². The highest BCUT2D eigenvalue weighted by atomic mass is 19.1.